The summed E-state index contributed by atoms with van der Waals surface area (Å²) in [6, 6.07) is 17.6. The van der Waals surface area contributed by atoms with E-state index in [2.05, 4.69) is 43.4 Å². The average Bonchev–Trinajstić information content (AvgIpc) is 3.46. The summed E-state index contributed by atoms with van der Waals surface area (Å²) in [6.45, 7) is 6.13. The second-order valence-corrected chi connectivity index (χ2v) is 12.4. The molecule has 4 aromatic rings. The molecule has 1 fully saturated rings. The van der Waals surface area contributed by atoms with E-state index in [4.69, 9.17) is 10.1 Å². The molecule has 2 aromatic heterocycles. The fourth-order valence-corrected chi connectivity index (χ4v) is 6.80. The molecule has 1 unspecified atom stereocenters. The lowest BCUT2D eigenvalue weighted by molar-refractivity contribution is 0.102. The molecule has 1 N–H and O–H groups in total. The number of sulfone groups is 1. The van der Waals surface area contributed by atoms with Gasteiger partial charge in [-0.25, -0.2) is 18.1 Å². The van der Waals surface area contributed by atoms with Gasteiger partial charge in [0.2, 0.25) is 0 Å². The Bertz CT molecular complexity index is 1570. The van der Waals surface area contributed by atoms with Gasteiger partial charge >= 0.3 is 0 Å². The molecule has 1 amide bonds. The second-order valence-electron chi connectivity index (χ2n) is 10.1. The average molecular weight is 531 g/mol. The highest BCUT2D eigenvalue weighted by molar-refractivity contribution is 7.91. The van der Waals surface area contributed by atoms with E-state index in [-0.39, 0.29) is 23.5 Å². The number of unbranched alkanes of at least 4 members (excludes halogenated alkanes) is 1. The van der Waals surface area contributed by atoms with Gasteiger partial charge in [0.05, 0.1) is 39.9 Å². The van der Waals surface area contributed by atoms with Gasteiger partial charge in [0.25, 0.3) is 5.91 Å². The molecule has 1 atom stereocenters. The van der Waals surface area contributed by atoms with Crippen molar-refractivity contribution in [1.82, 2.24) is 14.8 Å². The van der Waals surface area contributed by atoms with E-state index in [1.54, 1.807) is 4.68 Å². The maximum atomic E-state index is 13.7. The van der Waals surface area contributed by atoms with Crippen LogP contribution in [-0.4, -0.2) is 40.6 Å². The summed E-state index contributed by atoms with van der Waals surface area (Å²) in [5, 5.41) is 8.40. The summed E-state index contributed by atoms with van der Waals surface area (Å²) in [6.07, 6.45) is 4.71. The molecular formula is C30H34N4O3S. The molecule has 0 radical (unpaired) electrons. The number of rotatable bonds is 8. The van der Waals surface area contributed by atoms with Crippen molar-refractivity contribution >= 4 is 32.5 Å². The number of anilines is 1. The summed E-state index contributed by atoms with van der Waals surface area (Å²) in [4.78, 5) is 18.6. The Balaban J connectivity index is 1.57. The molecule has 198 valence electrons. The number of carbonyl (C=O) groups is 1. The summed E-state index contributed by atoms with van der Waals surface area (Å²) >= 11 is 0. The van der Waals surface area contributed by atoms with Gasteiger partial charge in [-0.2, -0.15) is 5.10 Å². The molecule has 38 heavy (non-hydrogen) atoms. The minimum Gasteiger partial charge on any atom is -0.322 e. The molecule has 8 heteroatoms. The van der Waals surface area contributed by atoms with Gasteiger partial charge in [0.1, 0.15) is 0 Å². The number of fused-ring (bicyclic) bond motifs is 1. The van der Waals surface area contributed by atoms with Crippen LogP contribution in [0.3, 0.4) is 0 Å². The maximum Gasteiger partial charge on any atom is 0.256 e. The van der Waals surface area contributed by atoms with Crippen LogP contribution in [-0.2, 0) is 22.7 Å². The van der Waals surface area contributed by atoms with Gasteiger partial charge in [0, 0.05) is 11.3 Å². The molecule has 1 aliphatic rings. The van der Waals surface area contributed by atoms with Crippen molar-refractivity contribution < 1.29 is 13.2 Å². The monoisotopic (exact) mass is 530 g/mol. The number of nitrogens with zero attached hydrogens (tertiary/aromatic N) is 3. The Kier molecular flexibility index (Phi) is 7.34. The van der Waals surface area contributed by atoms with E-state index in [1.165, 1.54) is 11.1 Å². The zero-order chi connectivity index (χ0) is 26.9. The van der Waals surface area contributed by atoms with Crippen molar-refractivity contribution in [2.24, 2.45) is 0 Å². The summed E-state index contributed by atoms with van der Waals surface area (Å²) in [7, 11) is -3.12. The lowest BCUT2D eigenvalue weighted by Gasteiger charge is -2.13. The number of carbonyl (C=O) groups excluding carboxylic acids is 1. The first kappa shape index (κ1) is 26.1. The zero-order valence-electron chi connectivity index (χ0n) is 22.2. The third-order valence-electron chi connectivity index (χ3n) is 7.32. The van der Waals surface area contributed by atoms with Crippen LogP contribution in [0.1, 0.15) is 66.3 Å². The minimum absolute atomic E-state index is 0.0340. The first-order chi connectivity index (χ1) is 18.3. The van der Waals surface area contributed by atoms with Crippen molar-refractivity contribution in [3.8, 4) is 11.3 Å². The van der Waals surface area contributed by atoms with E-state index in [1.807, 2.05) is 37.3 Å². The summed E-state index contributed by atoms with van der Waals surface area (Å²) in [5.41, 5.74) is 6.41. The minimum atomic E-state index is -3.12. The van der Waals surface area contributed by atoms with Gasteiger partial charge < -0.3 is 5.32 Å². The first-order valence-electron chi connectivity index (χ1n) is 13.4. The maximum absolute atomic E-state index is 13.7. The number of benzene rings is 2. The van der Waals surface area contributed by atoms with Crippen LogP contribution >= 0.6 is 0 Å². The second kappa shape index (κ2) is 10.7. The number of amides is 1. The van der Waals surface area contributed by atoms with Crippen molar-refractivity contribution in [2.45, 2.75) is 58.9 Å². The standard InChI is InChI=1S/C30H34N4O3S/c1-4-6-7-22-10-14-24(15-11-22)31-30(35)26-18-27(23-12-8-21(5-2)9-13-23)32-29-28(26)20(3)33-34(29)25-16-17-38(36,37)19-25/h8-15,18,25H,4-7,16-17,19H2,1-3H3,(H,31,35). The van der Waals surface area contributed by atoms with E-state index in [0.29, 0.717) is 34.4 Å². The Morgan fingerprint density at radius 3 is 2.39 bits per heavy atom. The van der Waals surface area contributed by atoms with Crippen LogP contribution in [0, 0.1) is 6.92 Å². The van der Waals surface area contributed by atoms with Crippen LogP contribution in [0.5, 0.6) is 0 Å². The van der Waals surface area contributed by atoms with Crippen LogP contribution in [0.2, 0.25) is 0 Å². The van der Waals surface area contributed by atoms with Crippen LogP contribution in [0.15, 0.2) is 54.6 Å². The van der Waals surface area contributed by atoms with Gasteiger partial charge in [-0.05, 0) is 61.9 Å². The molecule has 0 aliphatic carbocycles. The lowest BCUT2D eigenvalue weighted by atomic mass is 10.0. The van der Waals surface area contributed by atoms with Crippen LogP contribution in [0.4, 0.5) is 5.69 Å². The Morgan fingerprint density at radius 2 is 1.76 bits per heavy atom. The van der Waals surface area contributed by atoms with E-state index >= 15 is 0 Å². The van der Waals surface area contributed by atoms with E-state index in [9.17, 15) is 13.2 Å². The van der Waals surface area contributed by atoms with Gasteiger partial charge in [0.15, 0.2) is 15.5 Å². The highest BCUT2D eigenvalue weighted by Gasteiger charge is 2.32. The SMILES string of the molecule is CCCCc1ccc(NC(=O)c2cc(-c3ccc(CC)cc3)nc3c2c(C)nn3C2CCS(=O)(=O)C2)cc1. The quantitative estimate of drug-likeness (QED) is 0.305. The highest BCUT2D eigenvalue weighted by atomic mass is 32.2. The van der Waals surface area contributed by atoms with Crippen LogP contribution in [0.25, 0.3) is 22.3 Å². The topological polar surface area (TPSA) is 93.9 Å². The zero-order valence-corrected chi connectivity index (χ0v) is 23.0. The number of nitrogens with one attached hydrogen (secondary N) is 1. The normalized spacial score (nSPS) is 16.7. The molecule has 3 heterocycles. The Morgan fingerprint density at radius 1 is 1.05 bits per heavy atom. The number of hydrogen-bond donors (Lipinski definition) is 1. The smallest absolute Gasteiger partial charge is 0.256 e. The third kappa shape index (κ3) is 5.36. The molecule has 0 spiro atoms. The molecule has 1 saturated heterocycles. The number of aromatic nitrogens is 3. The third-order valence-corrected chi connectivity index (χ3v) is 9.07. The van der Waals surface area contributed by atoms with Crippen molar-refractivity contribution in [1.29, 1.82) is 0 Å². The van der Waals surface area contributed by atoms with Crippen molar-refractivity contribution in [3.63, 3.8) is 0 Å². The lowest BCUT2D eigenvalue weighted by Crippen LogP contribution is -2.15. The molecule has 2 aromatic carbocycles. The molecular weight excluding hydrogens is 496 g/mol. The van der Waals surface area contributed by atoms with Crippen LogP contribution < -0.4 is 5.32 Å². The molecule has 7 nitrogen and oxygen atoms in total. The number of pyridine rings is 1. The van der Waals surface area contributed by atoms with Crippen molar-refractivity contribution in [2.75, 3.05) is 16.8 Å². The van der Waals surface area contributed by atoms with Crippen molar-refractivity contribution in [3.05, 3.63) is 77.0 Å². The van der Waals surface area contributed by atoms with Gasteiger partial charge in [-0.3, -0.25) is 4.79 Å². The molecule has 1 aliphatic heterocycles. The first-order valence-corrected chi connectivity index (χ1v) is 15.2. The number of aryl methyl sites for hydroxylation is 3. The predicted octanol–water partition coefficient (Wildman–Crippen LogP) is 5.92. The summed E-state index contributed by atoms with van der Waals surface area (Å²) < 4.78 is 26.2. The predicted molar refractivity (Wildman–Crippen MR) is 152 cm³/mol. The Hall–Kier alpha value is -3.52. The fourth-order valence-electron chi connectivity index (χ4n) is 5.11. The fraction of sp³-hybridized carbons (Fsp3) is 0.367. The van der Waals surface area contributed by atoms with E-state index < -0.39 is 9.84 Å². The number of hydrogen-bond acceptors (Lipinski definition) is 5. The van der Waals surface area contributed by atoms with Gasteiger partial charge in [-0.1, -0.05) is 56.7 Å². The highest BCUT2D eigenvalue weighted by Crippen LogP contribution is 2.32. The largest absolute Gasteiger partial charge is 0.322 e. The van der Waals surface area contributed by atoms with E-state index in [0.717, 1.165) is 36.9 Å². The Labute approximate surface area is 224 Å². The van der Waals surface area contributed by atoms with Gasteiger partial charge in [-0.15, -0.1) is 0 Å². The molecule has 5 rings (SSSR count). The molecule has 0 bridgehead atoms. The summed E-state index contributed by atoms with van der Waals surface area (Å²) in [5.74, 6) is -0.0730. The molecule has 0 saturated carbocycles.